The van der Waals surface area contributed by atoms with E-state index < -0.39 is 0 Å². The van der Waals surface area contributed by atoms with Crippen LogP contribution in [0.4, 0.5) is 5.69 Å². The van der Waals surface area contributed by atoms with Crippen LogP contribution in [0.1, 0.15) is 0 Å². The Morgan fingerprint density at radius 3 is 1.56 bits per heavy atom. The Morgan fingerprint density at radius 1 is 0.562 bits per heavy atom. The second-order valence-corrected chi connectivity index (χ2v) is 7.13. The molecule has 170 valence electrons. The molecule has 0 unspecified atom stereocenters. The van der Waals surface area contributed by atoms with E-state index in [4.69, 9.17) is 23.4 Å². The van der Waals surface area contributed by atoms with Crippen LogP contribution in [0.2, 0.25) is 0 Å². The van der Waals surface area contributed by atoms with Crippen LogP contribution in [-0.4, -0.2) is 81.1 Å². The van der Waals surface area contributed by atoms with Crippen LogP contribution in [-0.2, 0) is 18.9 Å². The van der Waals surface area contributed by atoms with Crippen LogP contribution in [0.3, 0.4) is 0 Å². The molecule has 0 N–H and O–H groups in total. The van der Waals surface area contributed by atoms with Gasteiger partial charge in [0.15, 0.2) is 0 Å². The van der Waals surface area contributed by atoms with Crippen molar-refractivity contribution in [1.82, 2.24) is 15.2 Å². The zero-order chi connectivity index (χ0) is 21.8. The van der Waals surface area contributed by atoms with Crippen molar-refractivity contribution >= 4 is 5.69 Å². The maximum atomic E-state index is 5.84. The summed E-state index contributed by atoms with van der Waals surface area (Å²) in [6.07, 6.45) is 3.40. The summed E-state index contributed by atoms with van der Waals surface area (Å²) in [5.74, 6) is 0.950. The molecule has 1 aliphatic rings. The SMILES string of the molecule is c1cc(-c2nnc(-c3ccc(N4CCOCCOCCOCCOCC4)cc3)o2)ccn1. The van der Waals surface area contributed by atoms with E-state index in [0.717, 1.165) is 29.9 Å². The molecule has 0 amide bonds. The molecule has 0 spiro atoms. The second kappa shape index (κ2) is 12.3. The maximum Gasteiger partial charge on any atom is 0.248 e. The molecule has 4 rings (SSSR count). The summed E-state index contributed by atoms with van der Waals surface area (Å²) in [4.78, 5) is 6.25. The Balaban J connectivity index is 1.39. The summed E-state index contributed by atoms with van der Waals surface area (Å²) in [7, 11) is 0. The molecular weight excluding hydrogens is 412 g/mol. The second-order valence-electron chi connectivity index (χ2n) is 7.13. The van der Waals surface area contributed by atoms with Crippen molar-refractivity contribution in [1.29, 1.82) is 0 Å². The lowest BCUT2D eigenvalue weighted by Crippen LogP contribution is -2.31. The monoisotopic (exact) mass is 440 g/mol. The molecule has 0 radical (unpaired) electrons. The molecule has 9 nitrogen and oxygen atoms in total. The van der Waals surface area contributed by atoms with Gasteiger partial charge in [-0.1, -0.05) is 0 Å². The number of aromatic nitrogens is 3. The van der Waals surface area contributed by atoms with Crippen molar-refractivity contribution < 1.29 is 23.4 Å². The van der Waals surface area contributed by atoms with Gasteiger partial charge in [-0.2, -0.15) is 0 Å². The zero-order valence-corrected chi connectivity index (χ0v) is 18.0. The van der Waals surface area contributed by atoms with Crippen LogP contribution in [0, 0.1) is 0 Å². The molecule has 0 saturated carbocycles. The van der Waals surface area contributed by atoms with Crippen molar-refractivity contribution in [2.24, 2.45) is 0 Å². The first-order chi connectivity index (χ1) is 15.9. The average Bonchev–Trinajstić information content (AvgIpc) is 3.33. The van der Waals surface area contributed by atoms with Crippen LogP contribution in [0.15, 0.2) is 53.2 Å². The standard InChI is InChI=1S/C23H28N4O5/c1-3-21(27-9-11-28-13-15-30-17-18-31-16-14-29-12-10-27)4-2-19(1)22-25-26-23(32-22)20-5-7-24-8-6-20/h1-8H,9-18H2. The van der Waals surface area contributed by atoms with Gasteiger partial charge in [0, 0.05) is 42.3 Å². The largest absolute Gasteiger partial charge is 0.416 e. The third-order valence-corrected chi connectivity index (χ3v) is 4.96. The molecule has 32 heavy (non-hydrogen) atoms. The summed E-state index contributed by atoms with van der Waals surface area (Å²) in [5, 5.41) is 8.33. The maximum absolute atomic E-state index is 5.84. The third-order valence-electron chi connectivity index (χ3n) is 4.96. The number of nitrogens with zero attached hydrogens (tertiary/aromatic N) is 4. The smallest absolute Gasteiger partial charge is 0.248 e. The van der Waals surface area contributed by atoms with Gasteiger partial charge < -0.3 is 28.3 Å². The Bertz CT molecular complexity index is 904. The number of benzene rings is 1. The van der Waals surface area contributed by atoms with Crippen molar-refractivity contribution in [3.8, 4) is 22.9 Å². The highest BCUT2D eigenvalue weighted by Crippen LogP contribution is 2.25. The molecule has 3 aromatic rings. The molecule has 9 heteroatoms. The topological polar surface area (TPSA) is 92.0 Å². The summed E-state index contributed by atoms with van der Waals surface area (Å²) < 4.78 is 28.2. The molecule has 1 fully saturated rings. The van der Waals surface area contributed by atoms with Crippen molar-refractivity contribution in [2.45, 2.75) is 0 Å². The van der Waals surface area contributed by atoms with Crippen LogP contribution in [0.5, 0.6) is 0 Å². The third kappa shape index (κ3) is 6.57. The minimum atomic E-state index is 0.472. The normalized spacial score (nSPS) is 17.4. The molecular formula is C23H28N4O5. The van der Waals surface area contributed by atoms with E-state index in [0.29, 0.717) is 64.6 Å². The Labute approximate surface area is 187 Å². The average molecular weight is 441 g/mol. The van der Waals surface area contributed by atoms with E-state index in [1.54, 1.807) is 12.4 Å². The molecule has 1 saturated heterocycles. The fourth-order valence-electron chi connectivity index (χ4n) is 3.25. The van der Waals surface area contributed by atoms with Gasteiger partial charge >= 0.3 is 0 Å². The molecule has 3 heterocycles. The number of hydrogen-bond donors (Lipinski definition) is 0. The predicted octanol–water partition coefficient (Wildman–Crippen LogP) is 2.69. The summed E-state index contributed by atoms with van der Waals surface area (Å²) in [5.41, 5.74) is 2.78. The van der Waals surface area contributed by atoms with Crippen molar-refractivity contribution in [3.05, 3.63) is 48.8 Å². The Hall–Kier alpha value is -2.85. The number of hydrogen-bond acceptors (Lipinski definition) is 9. The molecule has 0 bridgehead atoms. The highest BCUT2D eigenvalue weighted by atomic mass is 16.6. The summed E-state index contributed by atoms with van der Waals surface area (Å²) in [6, 6.07) is 11.7. The van der Waals surface area contributed by atoms with Crippen molar-refractivity contribution in [2.75, 3.05) is 70.8 Å². The first-order valence-corrected chi connectivity index (χ1v) is 10.8. The number of anilines is 1. The van der Waals surface area contributed by atoms with Gasteiger partial charge in [0.25, 0.3) is 0 Å². The van der Waals surface area contributed by atoms with Gasteiger partial charge in [-0.25, -0.2) is 0 Å². The van der Waals surface area contributed by atoms with E-state index in [1.807, 2.05) is 36.4 Å². The van der Waals surface area contributed by atoms with Gasteiger partial charge in [0.2, 0.25) is 11.8 Å². The Morgan fingerprint density at radius 2 is 1.03 bits per heavy atom. The molecule has 2 aromatic heterocycles. The number of pyridine rings is 1. The van der Waals surface area contributed by atoms with Gasteiger partial charge in [0.05, 0.1) is 52.9 Å². The summed E-state index contributed by atoms with van der Waals surface area (Å²) >= 11 is 0. The van der Waals surface area contributed by atoms with Crippen molar-refractivity contribution in [3.63, 3.8) is 0 Å². The van der Waals surface area contributed by atoms with Gasteiger partial charge in [-0.3, -0.25) is 4.98 Å². The van der Waals surface area contributed by atoms with E-state index in [9.17, 15) is 0 Å². The molecule has 1 aliphatic heterocycles. The predicted molar refractivity (Wildman–Crippen MR) is 118 cm³/mol. The lowest BCUT2D eigenvalue weighted by molar-refractivity contribution is 0.00206. The highest BCUT2D eigenvalue weighted by Gasteiger charge is 2.12. The minimum absolute atomic E-state index is 0.472. The van der Waals surface area contributed by atoms with Gasteiger partial charge in [-0.15, -0.1) is 10.2 Å². The first-order valence-electron chi connectivity index (χ1n) is 10.8. The van der Waals surface area contributed by atoms with Gasteiger partial charge in [0.1, 0.15) is 0 Å². The van der Waals surface area contributed by atoms with Crippen LogP contribution >= 0.6 is 0 Å². The number of ether oxygens (including phenoxy) is 4. The van der Waals surface area contributed by atoms with Crippen LogP contribution < -0.4 is 4.90 Å². The van der Waals surface area contributed by atoms with Gasteiger partial charge in [-0.05, 0) is 36.4 Å². The van der Waals surface area contributed by atoms with E-state index in [-0.39, 0.29) is 0 Å². The first kappa shape index (κ1) is 22.3. The van der Waals surface area contributed by atoms with E-state index in [2.05, 4.69) is 20.1 Å². The lowest BCUT2D eigenvalue weighted by Gasteiger charge is -2.25. The lowest BCUT2D eigenvalue weighted by atomic mass is 10.2. The fraction of sp³-hybridized carbons (Fsp3) is 0.435. The van der Waals surface area contributed by atoms with E-state index in [1.165, 1.54) is 0 Å². The van der Waals surface area contributed by atoms with Crippen LogP contribution in [0.25, 0.3) is 22.9 Å². The highest BCUT2D eigenvalue weighted by molar-refractivity contribution is 5.61. The molecule has 0 atom stereocenters. The summed E-state index contributed by atoms with van der Waals surface area (Å²) in [6.45, 7) is 6.16. The van der Waals surface area contributed by atoms with E-state index >= 15 is 0 Å². The molecule has 1 aromatic carbocycles. The fourth-order valence-corrected chi connectivity index (χ4v) is 3.25. The number of rotatable bonds is 3. The quantitative estimate of drug-likeness (QED) is 0.609. The zero-order valence-electron chi connectivity index (χ0n) is 18.0. The minimum Gasteiger partial charge on any atom is -0.416 e. The Kier molecular flexibility index (Phi) is 8.56. The molecule has 0 aliphatic carbocycles.